The molecule has 9 heteroatoms. The van der Waals surface area contributed by atoms with E-state index in [0.29, 0.717) is 29.0 Å². The van der Waals surface area contributed by atoms with Crippen LogP contribution in [0.4, 0.5) is 0 Å². The van der Waals surface area contributed by atoms with Crippen LogP contribution in [0, 0.1) is 17.0 Å². The summed E-state index contributed by atoms with van der Waals surface area (Å²) in [6, 6.07) is 7.67. The average molecular weight is 424 g/mol. The Labute approximate surface area is 163 Å². The number of nitro groups is 1. The third kappa shape index (κ3) is 5.89. The first-order valence-electron chi connectivity index (χ1n) is 7.01. The third-order valence-corrected chi connectivity index (χ3v) is 7.00. The zero-order valence-electron chi connectivity index (χ0n) is 12.8. The summed E-state index contributed by atoms with van der Waals surface area (Å²) in [4.78, 5) is 12.4. The second-order valence-corrected chi connectivity index (χ2v) is 9.21. The summed E-state index contributed by atoms with van der Waals surface area (Å²) in [6.45, 7) is 3.12. The Hall–Kier alpha value is -0.310. The molecule has 0 aromatic heterocycles. The molecule has 1 saturated heterocycles. The van der Waals surface area contributed by atoms with Crippen molar-refractivity contribution in [2.75, 3.05) is 24.7 Å². The van der Waals surface area contributed by atoms with Crippen LogP contribution in [-0.4, -0.2) is 29.6 Å². The fourth-order valence-electron chi connectivity index (χ4n) is 1.82. The summed E-state index contributed by atoms with van der Waals surface area (Å²) in [5.74, 6) is 1.31. The molecule has 0 atom stereocenters. The fraction of sp³-hybridized carbons (Fsp3) is 0.333. The number of halogens is 2. The first-order valence-corrected chi connectivity index (χ1v) is 10.6. The molecular weight excluding hydrogens is 409 g/mol. The van der Waals surface area contributed by atoms with Gasteiger partial charge in [0, 0.05) is 16.4 Å². The number of hydrogen-bond donors (Lipinski definition) is 0. The summed E-state index contributed by atoms with van der Waals surface area (Å²) in [5, 5.41) is 11.7. The van der Waals surface area contributed by atoms with Crippen LogP contribution in [0.2, 0.25) is 0 Å². The molecular formula is C15H15Cl2NO3S3. The summed E-state index contributed by atoms with van der Waals surface area (Å²) in [5.41, 5.74) is 1.08. The van der Waals surface area contributed by atoms with Gasteiger partial charge in [-0.3, -0.25) is 10.1 Å². The molecule has 0 bridgehead atoms. The lowest BCUT2D eigenvalue weighted by molar-refractivity contribution is -0.419. The van der Waals surface area contributed by atoms with E-state index in [2.05, 4.69) is 0 Å². The molecule has 4 nitrogen and oxygen atoms in total. The van der Waals surface area contributed by atoms with Crippen LogP contribution in [0.25, 0.3) is 0 Å². The van der Waals surface area contributed by atoms with E-state index < -0.39 is 4.92 Å². The number of rotatable bonds is 4. The van der Waals surface area contributed by atoms with Crippen molar-refractivity contribution < 1.29 is 9.66 Å². The highest BCUT2D eigenvalue weighted by atomic mass is 35.5. The Kier molecular flexibility index (Phi) is 8.33. The number of benzene rings is 1. The average Bonchev–Trinajstić information content (AvgIpc) is 2.49. The maximum absolute atomic E-state index is 11.7. The van der Waals surface area contributed by atoms with Gasteiger partial charge in [-0.15, -0.1) is 23.5 Å². The lowest BCUT2D eigenvalue weighted by Gasteiger charge is -2.14. The molecule has 0 saturated carbocycles. The molecule has 2 rings (SSSR count). The van der Waals surface area contributed by atoms with Gasteiger partial charge in [0.25, 0.3) is 0 Å². The largest absolute Gasteiger partial charge is 0.380 e. The summed E-state index contributed by atoms with van der Waals surface area (Å²) in [6.07, 6.45) is 0. The maximum atomic E-state index is 11.7. The van der Waals surface area contributed by atoms with E-state index in [0.717, 1.165) is 10.5 Å². The molecule has 0 spiro atoms. The van der Waals surface area contributed by atoms with E-state index in [1.165, 1.54) is 35.3 Å². The number of ether oxygens (including phenoxy) is 1. The molecule has 0 N–H and O–H groups in total. The molecule has 1 aliphatic heterocycles. The lowest BCUT2D eigenvalue weighted by Crippen LogP contribution is -2.09. The summed E-state index contributed by atoms with van der Waals surface area (Å²) >= 11 is 16.0. The van der Waals surface area contributed by atoms with Crippen LogP contribution in [0.3, 0.4) is 0 Å². The minimum absolute atomic E-state index is 0.0301. The Morgan fingerprint density at radius 3 is 2.29 bits per heavy atom. The molecule has 1 fully saturated rings. The highest BCUT2D eigenvalue weighted by Crippen LogP contribution is 2.43. The van der Waals surface area contributed by atoms with Gasteiger partial charge < -0.3 is 4.74 Å². The van der Waals surface area contributed by atoms with Crippen LogP contribution < -0.4 is 0 Å². The quantitative estimate of drug-likeness (QED) is 0.352. The van der Waals surface area contributed by atoms with Crippen LogP contribution in [0.5, 0.6) is 0 Å². The Morgan fingerprint density at radius 2 is 1.79 bits per heavy atom. The predicted octanol–water partition coefficient (Wildman–Crippen LogP) is 5.68. The van der Waals surface area contributed by atoms with Crippen molar-refractivity contribution in [2.24, 2.45) is 0 Å². The fourth-order valence-corrected chi connectivity index (χ4v) is 5.45. The van der Waals surface area contributed by atoms with E-state index in [-0.39, 0.29) is 15.1 Å². The normalized spacial score (nSPS) is 15.4. The van der Waals surface area contributed by atoms with Crippen LogP contribution in [0.1, 0.15) is 5.56 Å². The van der Waals surface area contributed by atoms with Gasteiger partial charge in [-0.2, -0.15) is 0 Å². The second-order valence-electron chi connectivity index (χ2n) is 4.71. The van der Waals surface area contributed by atoms with Crippen molar-refractivity contribution in [1.82, 2.24) is 0 Å². The highest BCUT2D eigenvalue weighted by Gasteiger charge is 2.28. The van der Waals surface area contributed by atoms with Crippen LogP contribution >= 0.6 is 58.5 Å². The van der Waals surface area contributed by atoms with Gasteiger partial charge in [0.1, 0.15) is 13.6 Å². The molecule has 24 heavy (non-hydrogen) atoms. The first kappa shape index (κ1) is 20.0. The van der Waals surface area contributed by atoms with Crippen molar-refractivity contribution in [3.8, 4) is 0 Å². The molecule has 0 amide bonds. The predicted molar refractivity (Wildman–Crippen MR) is 106 cm³/mol. The summed E-state index contributed by atoms with van der Waals surface area (Å²) in [7, 11) is 0. The number of aryl methyl sites for hydroxylation is 1. The molecule has 0 unspecified atom stereocenters. The van der Waals surface area contributed by atoms with Crippen molar-refractivity contribution >= 4 is 58.5 Å². The smallest absolute Gasteiger partial charge is 0.305 e. The Morgan fingerprint density at radius 1 is 1.21 bits per heavy atom. The monoisotopic (exact) mass is 423 g/mol. The van der Waals surface area contributed by atoms with Gasteiger partial charge in [-0.25, -0.2) is 0 Å². The van der Waals surface area contributed by atoms with Crippen molar-refractivity contribution in [2.45, 2.75) is 11.8 Å². The van der Waals surface area contributed by atoms with E-state index in [1.54, 1.807) is 0 Å². The molecule has 1 aromatic rings. The minimum atomic E-state index is -0.404. The molecule has 1 heterocycles. The zero-order valence-corrected chi connectivity index (χ0v) is 16.8. The van der Waals surface area contributed by atoms with E-state index >= 15 is 0 Å². The van der Waals surface area contributed by atoms with E-state index in [4.69, 9.17) is 27.9 Å². The first-order chi connectivity index (χ1) is 11.5. The van der Waals surface area contributed by atoms with Crippen LogP contribution in [-0.2, 0) is 4.74 Å². The van der Waals surface area contributed by atoms with Crippen molar-refractivity contribution in [3.63, 3.8) is 0 Å². The topological polar surface area (TPSA) is 52.4 Å². The molecule has 1 aromatic carbocycles. The Balaban J connectivity index is 2.38. The molecule has 1 aliphatic rings. The molecule has 130 valence electrons. The summed E-state index contributed by atoms with van der Waals surface area (Å²) < 4.78 is 5.90. The third-order valence-electron chi connectivity index (χ3n) is 2.93. The van der Waals surface area contributed by atoms with Crippen molar-refractivity contribution in [1.29, 1.82) is 0 Å². The Bertz CT molecular complexity index is 648. The van der Waals surface area contributed by atoms with Gasteiger partial charge >= 0.3 is 5.70 Å². The molecule has 0 radical (unpaired) electrons. The van der Waals surface area contributed by atoms with Gasteiger partial charge in [-0.05, 0) is 19.1 Å². The maximum Gasteiger partial charge on any atom is 0.305 e. The number of thioether (sulfide) groups is 3. The highest BCUT2D eigenvalue weighted by molar-refractivity contribution is 8.22. The zero-order chi connectivity index (χ0) is 17.5. The SMILES string of the molecule is Cc1ccc(SC(=C(Cl)Cl)C(=C2SCCOCCS2)[N+](=O)[O-])cc1. The minimum Gasteiger partial charge on any atom is -0.380 e. The van der Waals surface area contributed by atoms with E-state index in [9.17, 15) is 10.1 Å². The standard InChI is InChI=1S/C15H15Cl2NO3S3/c1-10-2-4-11(5-3-10)24-13(14(16)17)12(18(19)20)15-22-8-6-21-7-9-23-15/h2-5H,6-9H2,1H3. The number of hydrogen-bond acceptors (Lipinski definition) is 6. The van der Waals surface area contributed by atoms with Gasteiger partial charge in [0.05, 0.1) is 18.1 Å². The van der Waals surface area contributed by atoms with Gasteiger partial charge in [0.15, 0.2) is 0 Å². The van der Waals surface area contributed by atoms with Gasteiger partial charge in [0.2, 0.25) is 0 Å². The number of nitrogens with zero attached hydrogens (tertiary/aromatic N) is 1. The van der Waals surface area contributed by atoms with Crippen molar-refractivity contribution in [3.05, 3.63) is 59.3 Å². The molecule has 0 aliphatic carbocycles. The van der Waals surface area contributed by atoms with Gasteiger partial charge in [-0.1, -0.05) is 52.7 Å². The second kappa shape index (κ2) is 9.99. The van der Waals surface area contributed by atoms with Crippen LogP contribution in [0.15, 0.2) is 48.5 Å². The van der Waals surface area contributed by atoms with E-state index in [1.807, 2.05) is 31.2 Å². The lowest BCUT2D eigenvalue weighted by atomic mass is 10.2.